The van der Waals surface area contributed by atoms with Crippen molar-refractivity contribution in [1.29, 1.82) is 0 Å². The maximum atomic E-state index is 6.06. The van der Waals surface area contributed by atoms with Gasteiger partial charge in [0.25, 0.3) is 0 Å². The summed E-state index contributed by atoms with van der Waals surface area (Å²) >= 11 is 1.67. The lowest BCUT2D eigenvalue weighted by atomic mass is 10.1. The summed E-state index contributed by atoms with van der Waals surface area (Å²) in [6.07, 6.45) is 5.06. The van der Waals surface area contributed by atoms with Crippen molar-refractivity contribution < 1.29 is 4.74 Å². The lowest BCUT2D eigenvalue weighted by Crippen LogP contribution is -2.28. The minimum Gasteiger partial charge on any atom is -0.497 e. The van der Waals surface area contributed by atoms with Crippen molar-refractivity contribution in [3.05, 3.63) is 27.9 Å². The molecule has 0 saturated carbocycles. The van der Waals surface area contributed by atoms with E-state index in [9.17, 15) is 0 Å². The molecule has 82 valence electrons. The molecule has 2 N–H and O–H groups in total. The van der Waals surface area contributed by atoms with Gasteiger partial charge in [-0.2, -0.15) is 0 Å². The maximum absolute atomic E-state index is 6.06. The molecule has 4 heteroatoms. The van der Waals surface area contributed by atoms with E-state index < -0.39 is 0 Å². The van der Waals surface area contributed by atoms with Gasteiger partial charge in [-0.15, -0.1) is 11.3 Å². The third-order valence-electron chi connectivity index (χ3n) is 2.42. The first-order chi connectivity index (χ1) is 7.25. The number of nitrogens with zero attached hydrogens (tertiary/aromatic N) is 1. The first kappa shape index (κ1) is 10.6. The van der Waals surface area contributed by atoms with E-state index in [0.717, 1.165) is 42.3 Å². The first-order valence-corrected chi connectivity index (χ1v) is 6.13. The van der Waals surface area contributed by atoms with Crippen LogP contribution in [0.4, 0.5) is 0 Å². The summed E-state index contributed by atoms with van der Waals surface area (Å²) in [4.78, 5) is 4.40. The summed E-state index contributed by atoms with van der Waals surface area (Å²) < 4.78 is 5.53. The molecule has 1 aliphatic rings. The summed E-state index contributed by atoms with van der Waals surface area (Å²) in [5, 5.41) is 3.16. The number of nitrogens with two attached hydrogens (primary N) is 1. The van der Waals surface area contributed by atoms with Crippen molar-refractivity contribution in [2.24, 2.45) is 5.73 Å². The SMILES string of the molecule is Cc1nc(CC(N)C2=CCCCO2)cs1. The third kappa shape index (κ3) is 2.79. The summed E-state index contributed by atoms with van der Waals surface area (Å²) in [7, 11) is 0. The molecule has 0 amide bonds. The normalized spacial score (nSPS) is 18.1. The van der Waals surface area contributed by atoms with Gasteiger partial charge in [0.15, 0.2) is 0 Å². The molecule has 1 atom stereocenters. The highest BCUT2D eigenvalue weighted by Crippen LogP contribution is 2.16. The van der Waals surface area contributed by atoms with E-state index >= 15 is 0 Å². The van der Waals surface area contributed by atoms with Crippen LogP contribution in [0.15, 0.2) is 17.2 Å². The number of ether oxygens (including phenoxy) is 1. The van der Waals surface area contributed by atoms with Gasteiger partial charge >= 0.3 is 0 Å². The second kappa shape index (κ2) is 4.77. The van der Waals surface area contributed by atoms with E-state index in [2.05, 4.69) is 16.4 Å². The fourth-order valence-corrected chi connectivity index (χ4v) is 2.29. The largest absolute Gasteiger partial charge is 0.497 e. The quantitative estimate of drug-likeness (QED) is 0.854. The van der Waals surface area contributed by atoms with Crippen molar-refractivity contribution in [3.63, 3.8) is 0 Å². The second-order valence-electron chi connectivity index (χ2n) is 3.77. The highest BCUT2D eigenvalue weighted by atomic mass is 32.1. The second-order valence-corrected chi connectivity index (χ2v) is 4.83. The Bertz CT molecular complexity index is 359. The van der Waals surface area contributed by atoms with Gasteiger partial charge < -0.3 is 10.5 Å². The third-order valence-corrected chi connectivity index (χ3v) is 3.25. The van der Waals surface area contributed by atoms with Crippen LogP contribution in [0.1, 0.15) is 23.5 Å². The minimum atomic E-state index is -0.0354. The van der Waals surface area contributed by atoms with Crippen LogP contribution >= 0.6 is 11.3 Å². The van der Waals surface area contributed by atoms with Crippen molar-refractivity contribution in [2.75, 3.05) is 6.61 Å². The topological polar surface area (TPSA) is 48.1 Å². The molecular weight excluding hydrogens is 208 g/mol. The fraction of sp³-hybridized carbons (Fsp3) is 0.545. The minimum absolute atomic E-state index is 0.0354. The van der Waals surface area contributed by atoms with Gasteiger partial charge in [-0.05, 0) is 25.8 Å². The Morgan fingerprint density at radius 2 is 2.53 bits per heavy atom. The zero-order valence-electron chi connectivity index (χ0n) is 8.90. The lowest BCUT2D eigenvalue weighted by molar-refractivity contribution is 0.175. The zero-order valence-corrected chi connectivity index (χ0v) is 9.72. The van der Waals surface area contributed by atoms with Gasteiger partial charge in [-0.25, -0.2) is 4.98 Å². The molecule has 1 unspecified atom stereocenters. The Kier molecular flexibility index (Phi) is 3.38. The predicted octanol–water partition coefficient (Wildman–Crippen LogP) is 2.02. The van der Waals surface area contributed by atoms with Crippen molar-refractivity contribution >= 4 is 11.3 Å². The van der Waals surface area contributed by atoms with Gasteiger partial charge in [0.05, 0.1) is 23.4 Å². The molecule has 15 heavy (non-hydrogen) atoms. The Hall–Kier alpha value is -0.870. The molecule has 2 heterocycles. The summed E-state index contributed by atoms with van der Waals surface area (Å²) in [5.41, 5.74) is 7.13. The van der Waals surface area contributed by atoms with Gasteiger partial charge in [0.1, 0.15) is 5.76 Å². The number of hydrogen-bond acceptors (Lipinski definition) is 4. The van der Waals surface area contributed by atoms with Crippen LogP contribution in [0.5, 0.6) is 0 Å². The number of aryl methyl sites for hydroxylation is 1. The van der Waals surface area contributed by atoms with Gasteiger partial charge in [0, 0.05) is 11.8 Å². The standard InChI is InChI=1S/C11H16N2OS/c1-8-13-9(7-15-8)6-10(12)11-4-2-3-5-14-11/h4,7,10H,2-3,5-6,12H2,1H3. The molecule has 2 rings (SSSR count). The number of allylic oxidation sites excluding steroid dienone is 1. The van der Waals surface area contributed by atoms with Gasteiger partial charge in [0.2, 0.25) is 0 Å². The number of hydrogen-bond donors (Lipinski definition) is 1. The van der Waals surface area contributed by atoms with E-state index in [4.69, 9.17) is 10.5 Å². The van der Waals surface area contributed by atoms with E-state index in [1.165, 1.54) is 0 Å². The Morgan fingerprint density at radius 3 is 3.13 bits per heavy atom. The van der Waals surface area contributed by atoms with E-state index in [1.54, 1.807) is 11.3 Å². The summed E-state index contributed by atoms with van der Waals surface area (Å²) in [6, 6.07) is -0.0354. The van der Waals surface area contributed by atoms with E-state index in [-0.39, 0.29) is 6.04 Å². The van der Waals surface area contributed by atoms with Gasteiger partial charge in [-0.3, -0.25) is 0 Å². The first-order valence-electron chi connectivity index (χ1n) is 5.25. The van der Waals surface area contributed by atoms with E-state index in [1.807, 2.05) is 6.92 Å². The highest BCUT2D eigenvalue weighted by Gasteiger charge is 2.15. The monoisotopic (exact) mass is 224 g/mol. The maximum Gasteiger partial charge on any atom is 0.109 e. The van der Waals surface area contributed by atoms with Crippen LogP contribution in [-0.2, 0) is 11.2 Å². The Morgan fingerprint density at radius 1 is 1.67 bits per heavy atom. The summed E-state index contributed by atoms with van der Waals surface area (Å²) in [5.74, 6) is 0.937. The highest BCUT2D eigenvalue weighted by molar-refractivity contribution is 7.09. The Balaban J connectivity index is 1.96. The Labute approximate surface area is 94.0 Å². The van der Waals surface area contributed by atoms with Crippen molar-refractivity contribution in [2.45, 2.75) is 32.2 Å². The predicted molar refractivity (Wildman–Crippen MR) is 61.8 cm³/mol. The molecule has 0 spiro atoms. The number of thiazole rings is 1. The fourth-order valence-electron chi connectivity index (χ4n) is 1.66. The lowest BCUT2D eigenvalue weighted by Gasteiger charge is -2.19. The van der Waals surface area contributed by atoms with Crippen molar-refractivity contribution in [1.82, 2.24) is 4.98 Å². The molecular formula is C11H16N2OS. The van der Waals surface area contributed by atoms with Crippen LogP contribution < -0.4 is 5.73 Å². The number of rotatable bonds is 3. The van der Waals surface area contributed by atoms with Crippen LogP contribution in [0.25, 0.3) is 0 Å². The van der Waals surface area contributed by atoms with Crippen LogP contribution in [0.3, 0.4) is 0 Å². The molecule has 0 fully saturated rings. The molecule has 0 bridgehead atoms. The molecule has 0 aromatic carbocycles. The van der Waals surface area contributed by atoms with Crippen LogP contribution in [0, 0.1) is 6.92 Å². The van der Waals surface area contributed by atoms with Crippen molar-refractivity contribution in [3.8, 4) is 0 Å². The zero-order chi connectivity index (χ0) is 10.7. The van der Waals surface area contributed by atoms with E-state index in [0.29, 0.717) is 0 Å². The molecule has 0 radical (unpaired) electrons. The summed E-state index contributed by atoms with van der Waals surface area (Å²) in [6.45, 7) is 2.81. The average Bonchev–Trinajstić information content (AvgIpc) is 2.65. The molecule has 1 aromatic rings. The number of aromatic nitrogens is 1. The smallest absolute Gasteiger partial charge is 0.109 e. The molecule has 1 aliphatic heterocycles. The van der Waals surface area contributed by atoms with Crippen LogP contribution in [0.2, 0.25) is 0 Å². The molecule has 0 aliphatic carbocycles. The molecule has 3 nitrogen and oxygen atoms in total. The van der Waals surface area contributed by atoms with Crippen LogP contribution in [-0.4, -0.2) is 17.6 Å². The average molecular weight is 224 g/mol. The molecule has 1 aromatic heterocycles. The van der Waals surface area contributed by atoms with Gasteiger partial charge in [-0.1, -0.05) is 0 Å². The molecule has 0 saturated heterocycles.